The largest absolute Gasteiger partial charge is 0.352 e. The van der Waals surface area contributed by atoms with Gasteiger partial charge in [-0.25, -0.2) is 8.42 Å². The molecule has 9 heteroatoms. The Kier molecular flexibility index (Phi) is 10.6. The Morgan fingerprint density at radius 3 is 2.31 bits per heavy atom. The minimum atomic E-state index is -3.52. The maximum Gasteiger partial charge on any atom is 0.242 e. The summed E-state index contributed by atoms with van der Waals surface area (Å²) >= 11 is 6.12. The van der Waals surface area contributed by atoms with Crippen molar-refractivity contribution < 1.29 is 18.0 Å². The average Bonchev–Trinajstić information content (AvgIpc) is 2.79. The third kappa shape index (κ3) is 8.85. The van der Waals surface area contributed by atoms with Gasteiger partial charge in [-0.15, -0.1) is 0 Å². The second-order valence-electron chi connectivity index (χ2n) is 8.92. The molecule has 0 aliphatic rings. The fraction of sp³-hybridized carbons (Fsp3) is 0.462. The topological polar surface area (TPSA) is 86.8 Å². The van der Waals surface area contributed by atoms with Crippen molar-refractivity contribution in [1.82, 2.24) is 10.2 Å². The van der Waals surface area contributed by atoms with Crippen molar-refractivity contribution in [3.63, 3.8) is 0 Å². The Morgan fingerprint density at radius 1 is 1.09 bits per heavy atom. The van der Waals surface area contributed by atoms with Gasteiger partial charge in [-0.2, -0.15) is 0 Å². The van der Waals surface area contributed by atoms with Crippen molar-refractivity contribution in [1.29, 1.82) is 0 Å². The number of anilines is 1. The molecular formula is C26H36ClN3O4S. The zero-order valence-corrected chi connectivity index (χ0v) is 22.7. The van der Waals surface area contributed by atoms with E-state index in [0.717, 1.165) is 23.8 Å². The Morgan fingerprint density at radius 2 is 1.74 bits per heavy atom. The van der Waals surface area contributed by atoms with Gasteiger partial charge < -0.3 is 10.2 Å². The van der Waals surface area contributed by atoms with Gasteiger partial charge in [0.15, 0.2) is 0 Å². The number of benzene rings is 2. The summed E-state index contributed by atoms with van der Waals surface area (Å²) in [6, 6.07) is 13.7. The summed E-state index contributed by atoms with van der Waals surface area (Å²) in [7, 11) is -3.52. The Bertz CT molecular complexity index is 1110. The third-order valence-corrected chi connectivity index (χ3v) is 7.31. The summed E-state index contributed by atoms with van der Waals surface area (Å²) in [6.45, 7) is 7.91. The van der Waals surface area contributed by atoms with Crippen LogP contribution in [0, 0.1) is 6.92 Å². The second-order valence-corrected chi connectivity index (χ2v) is 11.3. The number of aryl methyl sites for hydroxylation is 1. The molecule has 35 heavy (non-hydrogen) atoms. The number of sulfonamides is 1. The van der Waals surface area contributed by atoms with E-state index in [9.17, 15) is 18.0 Å². The first-order chi connectivity index (χ1) is 16.4. The molecule has 2 amide bonds. The van der Waals surface area contributed by atoms with E-state index in [2.05, 4.69) is 5.32 Å². The smallest absolute Gasteiger partial charge is 0.242 e. The van der Waals surface area contributed by atoms with Gasteiger partial charge in [-0.05, 0) is 63.4 Å². The molecule has 1 N–H and O–H groups in total. The normalized spacial score (nSPS) is 13.1. The highest BCUT2D eigenvalue weighted by Crippen LogP contribution is 2.20. The molecule has 0 aliphatic carbocycles. The van der Waals surface area contributed by atoms with Gasteiger partial charge in [0, 0.05) is 30.6 Å². The Labute approximate surface area is 214 Å². The van der Waals surface area contributed by atoms with E-state index >= 15 is 0 Å². The molecule has 192 valence electrons. The monoisotopic (exact) mass is 521 g/mol. The van der Waals surface area contributed by atoms with Crippen LogP contribution in [0.4, 0.5) is 5.69 Å². The van der Waals surface area contributed by atoms with Crippen molar-refractivity contribution in [3.8, 4) is 0 Å². The predicted octanol–water partition coefficient (Wildman–Crippen LogP) is 4.53. The number of hydrogen-bond acceptors (Lipinski definition) is 4. The van der Waals surface area contributed by atoms with Gasteiger partial charge in [0.1, 0.15) is 6.04 Å². The van der Waals surface area contributed by atoms with E-state index in [-0.39, 0.29) is 37.4 Å². The van der Waals surface area contributed by atoms with Crippen LogP contribution in [0.3, 0.4) is 0 Å². The quantitative estimate of drug-likeness (QED) is 0.444. The number of nitrogens with zero attached hydrogens (tertiary/aromatic N) is 2. The van der Waals surface area contributed by atoms with Crippen LogP contribution < -0.4 is 9.62 Å². The molecule has 0 unspecified atom stereocenters. The third-order valence-electron chi connectivity index (χ3n) is 5.88. The van der Waals surface area contributed by atoms with Crippen LogP contribution >= 0.6 is 11.6 Å². The molecule has 7 nitrogen and oxygen atoms in total. The number of carbonyl (C=O) groups is 2. The van der Waals surface area contributed by atoms with Crippen molar-refractivity contribution in [2.45, 2.75) is 65.6 Å². The summed E-state index contributed by atoms with van der Waals surface area (Å²) in [5, 5.41) is 3.49. The first-order valence-electron chi connectivity index (χ1n) is 11.8. The second kappa shape index (κ2) is 12.9. The van der Waals surface area contributed by atoms with Crippen molar-refractivity contribution in [3.05, 3.63) is 64.7 Å². The fourth-order valence-corrected chi connectivity index (χ4v) is 4.77. The molecule has 0 aliphatic heterocycles. The van der Waals surface area contributed by atoms with Crippen LogP contribution in [-0.4, -0.2) is 50.0 Å². The first kappa shape index (κ1) is 28.7. The van der Waals surface area contributed by atoms with E-state index in [1.165, 1.54) is 9.21 Å². The zero-order chi connectivity index (χ0) is 26.2. The molecule has 2 rings (SSSR count). The van der Waals surface area contributed by atoms with Crippen LogP contribution in [0.25, 0.3) is 0 Å². The van der Waals surface area contributed by atoms with Crippen molar-refractivity contribution in [2.75, 3.05) is 17.1 Å². The molecule has 0 saturated heterocycles. The van der Waals surface area contributed by atoms with E-state index in [0.29, 0.717) is 17.1 Å². The summed E-state index contributed by atoms with van der Waals surface area (Å²) in [5.41, 5.74) is 2.40. The van der Waals surface area contributed by atoms with E-state index in [4.69, 9.17) is 11.6 Å². The van der Waals surface area contributed by atoms with Crippen molar-refractivity contribution in [2.24, 2.45) is 0 Å². The highest BCUT2D eigenvalue weighted by atomic mass is 35.5. The van der Waals surface area contributed by atoms with Crippen LogP contribution in [0.1, 0.15) is 51.2 Å². The molecule has 0 radical (unpaired) electrons. The van der Waals surface area contributed by atoms with Crippen molar-refractivity contribution >= 4 is 39.1 Å². The van der Waals surface area contributed by atoms with Gasteiger partial charge in [-0.1, -0.05) is 48.4 Å². The number of halogens is 1. The van der Waals surface area contributed by atoms with Crippen LogP contribution in [0.15, 0.2) is 48.5 Å². The minimum absolute atomic E-state index is 0.00843. The molecule has 2 aromatic carbocycles. The molecule has 0 heterocycles. The number of carbonyl (C=O) groups excluding carboxylic acids is 2. The summed E-state index contributed by atoms with van der Waals surface area (Å²) in [4.78, 5) is 27.6. The minimum Gasteiger partial charge on any atom is -0.352 e. The number of hydrogen-bond donors (Lipinski definition) is 1. The summed E-state index contributed by atoms with van der Waals surface area (Å²) < 4.78 is 26.1. The predicted molar refractivity (Wildman–Crippen MR) is 142 cm³/mol. The summed E-state index contributed by atoms with van der Waals surface area (Å²) in [5.74, 6) is -0.457. The highest BCUT2D eigenvalue weighted by Gasteiger charge is 2.27. The first-order valence-corrected chi connectivity index (χ1v) is 14.0. The van der Waals surface area contributed by atoms with Crippen LogP contribution in [0.2, 0.25) is 5.02 Å². The lowest BCUT2D eigenvalue weighted by Gasteiger charge is -2.30. The molecule has 0 spiro atoms. The zero-order valence-electron chi connectivity index (χ0n) is 21.1. The maximum atomic E-state index is 13.3. The highest BCUT2D eigenvalue weighted by molar-refractivity contribution is 7.92. The fourth-order valence-electron chi connectivity index (χ4n) is 3.60. The molecular weight excluding hydrogens is 486 g/mol. The summed E-state index contributed by atoms with van der Waals surface area (Å²) in [6.07, 6.45) is 2.34. The van der Waals surface area contributed by atoms with E-state index in [1.54, 1.807) is 37.3 Å². The molecule has 0 fully saturated rings. The van der Waals surface area contributed by atoms with Gasteiger partial charge in [0.05, 0.1) is 11.9 Å². The molecule has 2 aromatic rings. The lowest BCUT2D eigenvalue weighted by Crippen LogP contribution is -2.49. The number of nitrogens with one attached hydrogen (secondary N) is 1. The van der Waals surface area contributed by atoms with Crippen LogP contribution in [-0.2, 0) is 26.2 Å². The van der Waals surface area contributed by atoms with Gasteiger partial charge in [0.25, 0.3) is 0 Å². The standard InChI is InChI=1S/C26H36ClN3O4S/c1-6-20(3)28-26(32)21(4)29(18-22-9-7-10-23(27)17-22)25(31)11-8-16-30(35(5,33)34)24-14-12-19(2)13-15-24/h7,9-10,12-15,17,20-21H,6,8,11,16,18H2,1-5H3,(H,28,32)/t20-,21+/m0/s1. The van der Waals surface area contributed by atoms with Crippen LogP contribution in [0.5, 0.6) is 0 Å². The van der Waals surface area contributed by atoms with Gasteiger partial charge >= 0.3 is 0 Å². The van der Waals surface area contributed by atoms with Gasteiger partial charge in [0.2, 0.25) is 21.8 Å². The lowest BCUT2D eigenvalue weighted by atomic mass is 10.1. The molecule has 2 atom stereocenters. The maximum absolute atomic E-state index is 13.3. The number of rotatable bonds is 12. The Balaban J connectivity index is 2.16. The molecule has 0 saturated carbocycles. The molecule has 0 bridgehead atoms. The number of amides is 2. The lowest BCUT2D eigenvalue weighted by molar-refractivity contribution is -0.140. The van der Waals surface area contributed by atoms with E-state index in [1.807, 2.05) is 39.0 Å². The van der Waals surface area contributed by atoms with Gasteiger partial charge in [-0.3, -0.25) is 13.9 Å². The van der Waals surface area contributed by atoms with E-state index < -0.39 is 16.1 Å². The average molecular weight is 522 g/mol. The molecule has 0 aromatic heterocycles. The Hall–Kier alpha value is -2.58. The SMILES string of the molecule is CC[C@H](C)NC(=O)[C@@H](C)N(Cc1cccc(Cl)c1)C(=O)CCCN(c1ccc(C)cc1)S(C)(=O)=O.